The molecule has 4 N–H and O–H groups in total. The Labute approximate surface area is 498 Å². The van der Waals surface area contributed by atoms with E-state index in [0.29, 0.717) is 73.9 Å². The van der Waals surface area contributed by atoms with Gasteiger partial charge in [0.15, 0.2) is 13.1 Å². The number of benzene rings is 1. The van der Waals surface area contributed by atoms with E-state index in [2.05, 4.69) is 45.6 Å². The van der Waals surface area contributed by atoms with Gasteiger partial charge in [0.1, 0.15) is 11.6 Å². The molecule has 1 aliphatic heterocycles. The molecule has 1 saturated carbocycles. The lowest BCUT2D eigenvalue weighted by Gasteiger charge is -2.36. The molecule has 1 aromatic carbocycles. The van der Waals surface area contributed by atoms with Crippen molar-refractivity contribution >= 4 is 41.2 Å². The number of ether oxygens (including phenoxy) is 2. The number of carboxylic acid groups (broad SMARTS) is 3. The Kier molecular flexibility index (Phi) is 27.2. The van der Waals surface area contributed by atoms with Gasteiger partial charge in [-0.3, -0.25) is 24.0 Å². The van der Waals surface area contributed by atoms with E-state index in [-0.39, 0.29) is 47.1 Å². The van der Waals surface area contributed by atoms with Gasteiger partial charge in [0.05, 0.1) is 50.7 Å². The number of aryl methyl sites for hydroxylation is 3. The molecule has 2 amide bonds. The van der Waals surface area contributed by atoms with Gasteiger partial charge in [-0.25, -0.2) is 19.6 Å². The third-order valence-electron chi connectivity index (χ3n) is 16.8. The number of amides is 2. The zero-order valence-corrected chi connectivity index (χ0v) is 51.1. The molecule has 1 atom stereocenters. The lowest BCUT2D eigenvalue weighted by Crippen LogP contribution is -2.52. The Morgan fingerprint density at radius 2 is 1.46 bits per heavy atom. The summed E-state index contributed by atoms with van der Waals surface area (Å²) in [5, 5.41) is 39.6. The Bertz CT molecular complexity index is 2670. The van der Waals surface area contributed by atoms with Gasteiger partial charge < -0.3 is 39.5 Å². The number of unbranched alkanes of at least 4 members (excludes halogenated alkanes) is 13. The van der Waals surface area contributed by atoms with Crippen LogP contribution in [0, 0.1) is 24.2 Å². The molecular formula is C65H98N9O10+. The first-order chi connectivity index (χ1) is 40.4. The number of aliphatic carboxylic acids is 3. The lowest BCUT2D eigenvalue weighted by molar-refractivity contribution is -0.895. The number of nitrogens with zero attached hydrogens (tertiary/aromatic N) is 8. The Balaban J connectivity index is 0.838. The SMILES string of the molecule is COc1ccc(C(=O)N(CC(C)(C)CCCCCCn2cc(CCCCCCCCCCCCCC(=O)NCCC[N+](C)(CC(=O)O)CC(=O)O)nn2)c2cccc(C)n2)c(N2CCC(COc3cc([C@@H](CC(=O)O)C4CC4)ccn3)CC2)c1. The van der Waals surface area contributed by atoms with E-state index >= 15 is 4.79 Å². The third kappa shape index (κ3) is 23.8. The van der Waals surface area contributed by atoms with Gasteiger partial charge in [0.2, 0.25) is 11.8 Å². The second-order valence-corrected chi connectivity index (χ2v) is 25.0. The highest BCUT2D eigenvalue weighted by Gasteiger charge is 2.35. The van der Waals surface area contributed by atoms with Gasteiger partial charge in [-0.2, -0.15) is 0 Å². The molecule has 1 saturated heterocycles. The van der Waals surface area contributed by atoms with E-state index in [4.69, 9.17) is 24.7 Å². The normalized spacial score (nSPS) is 14.3. The lowest BCUT2D eigenvalue weighted by atomic mass is 9.86. The van der Waals surface area contributed by atoms with Crippen molar-refractivity contribution in [2.45, 2.75) is 187 Å². The summed E-state index contributed by atoms with van der Waals surface area (Å²) in [4.78, 5) is 74.7. The number of carboxylic acids is 3. The molecule has 0 spiro atoms. The molecule has 84 heavy (non-hydrogen) atoms. The van der Waals surface area contributed by atoms with E-state index in [0.717, 1.165) is 132 Å². The number of anilines is 2. The molecule has 0 unspecified atom stereocenters. The topological polar surface area (TPSA) is 239 Å². The first-order valence-corrected chi connectivity index (χ1v) is 31.3. The smallest absolute Gasteiger partial charge is 0.359 e. The van der Waals surface area contributed by atoms with E-state index in [1.54, 1.807) is 20.4 Å². The van der Waals surface area contributed by atoms with Gasteiger partial charge in [0, 0.05) is 75.8 Å². The van der Waals surface area contributed by atoms with Crippen molar-refractivity contribution in [3.8, 4) is 11.6 Å². The molecular weight excluding hydrogens is 1070 g/mol. The number of likely N-dealkylation sites (N-methyl/N-ethyl adjacent to an activating group) is 1. The number of methoxy groups -OCH3 is 1. The quantitative estimate of drug-likeness (QED) is 0.0238. The van der Waals surface area contributed by atoms with Crippen molar-refractivity contribution in [3.05, 3.63) is 83.4 Å². The summed E-state index contributed by atoms with van der Waals surface area (Å²) in [5.74, 6) is -0.379. The molecule has 1 aliphatic carbocycles. The molecule has 2 fully saturated rings. The minimum atomic E-state index is -1.04. The summed E-state index contributed by atoms with van der Waals surface area (Å²) in [5.41, 5.74) is 4.19. The van der Waals surface area contributed by atoms with Crippen LogP contribution in [-0.2, 0) is 32.1 Å². The zero-order valence-electron chi connectivity index (χ0n) is 51.1. The second kappa shape index (κ2) is 34.4. The highest BCUT2D eigenvalue weighted by Crippen LogP contribution is 2.45. The van der Waals surface area contributed by atoms with Gasteiger partial charge >= 0.3 is 17.9 Å². The fraction of sp³-hybridized carbons (Fsp3) is 0.646. The van der Waals surface area contributed by atoms with Crippen LogP contribution in [0.25, 0.3) is 0 Å². The van der Waals surface area contributed by atoms with Gasteiger partial charge in [-0.15, -0.1) is 5.10 Å². The first-order valence-electron chi connectivity index (χ1n) is 31.3. The predicted molar refractivity (Wildman–Crippen MR) is 326 cm³/mol. The van der Waals surface area contributed by atoms with Crippen LogP contribution in [0.15, 0.2) is 60.9 Å². The van der Waals surface area contributed by atoms with Crippen LogP contribution in [0.1, 0.15) is 195 Å². The zero-order chi connectivity index (χ0) is 60.3. The Morgan fingerprint density at radius 1 is 0.798 bits per heavy atom. The standard InChI is InChI=1S/C65H97N9O10/c1-49-23-21-25-58(68-49)73(64(82)55-30-29-54(83-5)42-57(55)71-38-32-50(33-39-71)47-84-60-41-52(31-36-67-60)56(43-61(76)77)51-27-28-51)48-65(2,3)34-19-15-16-20-37-72-44-53(69-70-72)24-17-13-11-9-7-6-8-10-12-14-18-26-59(75)66-35-22-40-74(4,45-62(78)79)46-63(80)81/h21,23,25,29-31,36,41-42,44,50-51,56H,6-20,22,24,26-28,32-35,37-40,43,45-48H2,1-5H3,(H3-,66,75,76,77,78,79,80,81)/p+1/t56-/m0/s1. The molecule has 462 valence electrons. The van der Waals surface area contributed by atoms with E-state index in [9.17, 15) is 24.3 Å². The molecule has 2 aliphatic rings. The number of hydrogen-bond donors (Lipinski definition) is 4. The number of hydrogen-bond acceptors (Lipinski definition) is 12. The van der Waals surface area contributed by atoms with E-state index in [1.165, 1.54) is 44.9 Å². The fourth-order valence-electron chi connectivity index (χ4n) is 11.8. The summed E-state index contributed by atoms with van der Waals surface area (Å²) in [6.45, 7) is 10.1. The van der Waals surface area contributed by atoms with Crippen LogP contribution in [0.2, 0.25) is 0 Å². The van der Waals surface area contributed by atoms with Crippen molar-refractivity contribution in [1.82, 2.24) is 30.3 Å². The molecule has 6 rings (SSSR count). The predicted octanol–water partition coefficient (Wildman–Crippen LogP) is 11.3. The van der Waals surface area contributed by atoms with E-state index in [1.807, 2.05) is 65.0 Å². The molecule has 0 bridgehead atoms. The average Bonchev–Trinajstić information content (AvgIpc) is 4.38. The molecule has 0 radical (unpaired) electrons. The Morgan fingerprint density at radius 3 is 2.12 bits per heavy atom. The number of piperidine rings is 1. The highest BCUT2D eigenvalue weighted by molar-refractivity contribution is 6.09. The number of carbonyl (C=O) groups excluding carboxylic acids is 2. The van der Waals surface area contributed by atoms with Crippen LogP contribution >= 0.6 is 0 Å². The summed E-state index contributed by atoms with van der Waals surface area (Å²) in [6.07, 6.45) is 27.7. The highest BCUT2D eigenvalue weighted by atomic mass is 16.5. The maximum atomic E-state index is 15.0. The number of quaternary nitrogens is 1. The largest absolute Gasteiger partial charge is 0.497 e. The number of carbonyl (C=O) groups is 5. The minimum Gasteiger partial charge on any atom is -0.497 e. The molecule has 19 heteroatoms. The third-order valence-corrected chi connectivity index (χ3v) is 16.8. The summed E-state index contributed by atoms with van der Waals surface area (Å²) in [7, 11) is 3.27. The van der Waals surface area contributed by atoms with Gasteiger partial charge in [-0.05, 0) is 124 Å². The Hall–Kier alpha value is -6.63. The monoisotopic (exact) mass is 1160 g/mol. The van der Waals surface area contributed by atoms with Crippen molar-refractivity contribution in [3.63, 3.8) is 0 Å². The summed E-state index contributed by atoms with van der Waals surface area (Å²) in [6, 6.07) is 15.5. The number of pyridine rings is 2. The van der Waals surface area contributed by atoms with Crippen LogP contribution in [0.5, 0.6) is 11.6 Å². The molecule has 19 nitrogen and oxygen atoms in total. The van der Waals surface area contributed by atoms with Crippen molar-refractivity contribution < 1.29 is 53.2 Å². The minimum absolute atomic E-state index is 0.00833. The maximum absolute atomic E-state index is 15.0. The number of rotatable bonds is 42. The molecule has 4 heterocycles. The number of nitrogens with one attached hydrogen (secondary N) is 1. The fourth-order valence-corrected chi connectivity index (χ4v) is 11.8. The first kappa shape index (κ1) is 66.5. The number of aromatic nitrogens is 5. The molecule has 3 aromatic heterocycles. The van der Waals surface area contributed by atoms with Crippen LogP contribution < -0.4 is 24.6 Å². The van der Waals surface area contributed by atoms with Gasteiger partial charge in [0.25, 0.3) is 5.91 Å². The van der Waals surface area contributed by atoms with Crippen LogP contribution in [-0.4, -0.2) is 141 Å². The summed E-state index contributed by atoms with van der Waals surface area (Å²) < 4.78 is 13.8. The maximum Gasteiger partial charge on any atom is 0.359 e. The van der Waals surface area contributed by atoms with E-state index < -0.39 is 17.9 Å². The van der Waals surface area contributed by atoms with Crippen LogP contribution in [0.3, 0.4) is 0 Å². The summed E-state index contributed by atoms with van der Waals surface area (Å²) >= 11 is 0. The molecule has 4 aromatic rings. The van der Waals surface area contributed by atoms with Crippen LogP contribution in [0.4, 0.5) is 11.5 Å². The van der Waals surface area contributed by atoms with Crippen molar-refractivity contribution in [2.75, 3.05) is 76.4 Å². The van der Waals surface area contributed by atoms with Gasteiger partial charge in [-0.1, -0.05) is 102 Å². The second-order valence-electron chi connectivity index (χ2n) is 25.0. The van der Waals surface area contributed by atoms with Crippen molar-refractivity contribution in [1.29, 1.82) is 0 Å². The van der Waals surface area contributed by atoms with Crippen molar-refractivity contribution in [2.24, 2.45) is 17.3 Å². The average molecular weight is 1170 g/mol.